The number of rotatable bonds is 7. The average Bonchev–Trinajstić information content (AvgIpc) is 3.01. The molecule has 8 nitrogen and oxygen atoms in total. The van der Waals surface area contributed by atoms with Crippen molar-refractivity contribution in [3.05, 3.63) is 59.4 Å². The minimum atomic E-state index is -0.718. The van der Waals surface area contributed by atoms with Gasteiger partial charge in [-0.2, -0.15) is 0 Å². The number of carbonyl (C=O) groups excluding carboxylic acids is 2. The summed E-state index contributed by atoms with van der Waals surface area (Å²) in [7, 11) is 6.94. The molecule has 30 heavy (non-hydrogen) atoms. The molecule has 1 aromatic heterocycles. The van der Waals surface area contributed by atoms with Crippen LogP contribution < -0.4 is 14.4 Å². The van der Waals surface area contributed by atoms with Crippen LogP contribution in [0, 0.1) is 0 Å². The second-order valence-corrected chi connectivity index (χ2v) is 7.31. The number of carbonyl (C=O) groups is 2. The van der Waals surface area contributed by atoms with Crippen LogP contribution in [0.1, 0.15) is 17.2 Å². The number of hydrogen-bond donors (Lipinski definition) is 2. The molecule has 1 fully saturated rings. The number of aliphatic hydroxyl groups is 1. The van der Waals surface area contributed by atoms with Crippen molar-refractivity contribution in [2.75, 3.05) is 41.4 Å². The van der Waals surface area contributed by atoms with Crippen LogP contribution in [0.5, 0.6) is 11.5 Å². The minimum Gasteiger partial charge on any atom is -0.507 e. The molecule has 1 saturated heterocycles. The van der Waals surface area contributed by atoms with E-state index in [1.54, 1.807) is 42.7 Å². The molecule has 1 aliphatic rings. The Balaban J connectivity index is 2.14. The number of pyridine rings is 1. The van der Waals surface area contributed by atoms with Crippen molar-refractivity contribution in [1.82, 2.24) is 9.88 Å². The number of ether oxygens (including phenoxy) is 2. The van der Waals surface area contributed by atoms with E-state index in [9.17, 15) is 14.7 Å². The van der Waals surface area contributed by atoms with Gasteiger partial charge < -0.3 is 24.4 Å². The normalized spacial score (nSPS) is 18.2. The lowest BCUT2D eigenvalue weighted by Crippen LogP contribution is -3.06. The van der Waals surface area contributed by atoms with Crippen LogP contribution in [0.2, 0.25) is 0 Å². The van der Waals surface area contributed by atoms with Crippen LogP contribution in [-0.4, -0.2) is 68.1 Å². The fourth-order valence-corrected chi connectivity index (χ4v) is 3.48. The van der Waals surface area contributed by atoms with E-state index in [0.29, 0.717) is 35.7 Å². The van der Waals surface area contributed by atoms with E-state index in [4.69, 9.17) is 9.47 Å². The molecule has 2 heterocycles. The molecule has 1 amide bonds. The van der Waals surface area contributed by atoms with Gasteiger partial charge in [0.2, 0.25) is 0 Å². The molecule has 158 valence electrons. The zero-order valence-electron chi connectivity index (χ0n) is 17.5. The minimum absolute atomic E-state index is 0.0361. The van der Waals surface area contributed by atoms with E-state index in [0.717, 1.165) is 4.90 Å². The summed E-state index contributed by atoms with van der Waals surface area (Å²) in [4.78, 5) is 32.5. The summed E-state index contributed by atoms with van der Waals surface area (Å²) in [5.41, 5.74) is 1.05. The predicted octanol–water partition coefficient (Wildman–Crippen LogP) is 0.665. The van der Waals surface area contributed by atoms with Crippen molar-refractivity contribution >= 4 is 17.4 Å². The van der Waals surface area contributed by atoms with Crippen LogP contribution in [0.15, 0.2) is 48.3 Å². The lowest BCUT2D eigenvalue weighted by atomic mass is 9.96. The third kappa shape index (κ3) is 3.99. The molecule has 0 aliphatic carbocycles. The Hall–Kier alpha value is -3.39. The third-order valence-electron chi connectivity index (χ3n) is 5.05. The van der Waals surface area contributed by atoms with E-state index in [1.807, 2.05) is 14.1 Å². The number of nitrogens with zero attached hydrogens (tertiary/aromatic N) is 2. The molecular formula is C22H26N3O5+. The number of Topliss-reactive ketones (excluding diaryl/α,β-unsaturated/α-hetero) is 1. The van der Waals surface area contributed by atoms with Crippen molar-refractivity contribution in [1.29, 1.82) is 0 Å². The molecule has 1 atom stereocenters. The number of benzene rings is 1. The maximum atomic E-state index is 12.9. The van der Waals surface area contributed by atoms with Gasteiger partial charge in [0, 0.05) is 18.0 Å². The highest BCUT2D eigenvalue weighted by atomic mass is 16.5. The number of quaternary nitrogens is 1. The second kappa shape index (κ2) is 8.96. The molecular weight excluding hydrogens is 386 g/mol. The molecule has 0 radical (unpaired) electrons. The number of nitrogens with one attached hydrogen (secondary N) is 1. The fraction of sp³-hybridized carbons (Fsp3) is 0.318. The highest BCUT2D eigenvalue weighted by Gasteiger charge is 2.46. The highest BCUT2D eigenvalue weighted by molar-refractivity contribution is 6.46. The standard InChI is InChI=1S/C22H25N3O5/c1-24(2)10-11-25-19(15-6-5-9-23-13-15)18(21(27)22(25)28)20(26)14-7-8-16(29-3)17(12-14)30-4/h5-9,12-13,19,26H,10-11H2,1-4H3/p+1/t19-/m1/s1. The van der Waals surface area contributed by atoms with E-state index in [-0.39, 0.29) is 11.3 Å². The van der Waals surface area contributed by atoms with Crippen molar-refractivity contribution < 1.29 is 29.1 Å². The number of ketones is 1. The van der Waals surface area contributed by atoms with Crippen LogP contribution in [0.4, 0.5) is 0 Å². The quantitative estimate of drug-likeness (QED) is 0.394. The second-order valence-electron chi connectivity index (χ2n) is 7.31. The third-order valence-corrected chi connectivity index (χ3v) is 5.05. The molecule has 1 aliphatic heterocycles. The summed E-state index contributed by atoms with van der Waals surface area (Å²) >= 11 is 0. The van der Waals surface area contributed by atoms with E-state index < -0.39 is 17.7 Å². The molecule has 0 spiro atoms. The van der Waals surface area contributed by atoms with Crippen LogP contribution in [-0.2, 0) is 9.59 Å². The first-order valence-corrected chi connectivity index (χ1v) is 9.58. The number of amides is 1. The van der Waals surface area contributed by atoms with Gasteiger partial charge in [0.1, 0.15) is 5.76 Å². The Labute approximate surface area is 175 Å². The zero-order valence-corrected chi connectivity index (χ0v) is 17.5. The molecule has 3 rings (SSSR count). The fourth-order valence-electron chi connectivity index (χ4n) is 3.48. The summed E-state index contributed by atoms with van der Waals surface area (Å²) < 4.78 is 10.5. The van der Waals surface area contributed by atoms with Gasteiger partial charge in [0.05, 0.1) is 53.0 Å². The first-order chi connectivity index (χ1) is 14.4. The Morgan fingerprint density at radius 1 is 1.17 bits per heavy atom. The number of likely N-dealkylation sites (N-methyl/N-ethyl adjacent to an activating group) is 1. The number of likely N-dealkylation sites (tertiary alicyclic amines) is 1. The first-order valence-electron chi connectivity index (χ1n) is 9.58. The zero-order chi connectivity index (χ0) is 21.8. The Bertz CT molecular complexity index is 972. The molecule has 0 saturated carbocycles. The van der Waals surface area contributed by atoms with Crippen LogP contribution in [0.25, 0.3) is 5.76 Å². The Morgan fingerprint density at radius 3 is 2.50 bits per heavy atom. The van der Waals surface area contributed by atoms with Gasteiger partial charge in [0.15, 0.2) is 11.5 Å². The summed E-state index contributed by atoms with van der Waals surface area (Å²) in [5, 5.41) is 11.1. The van der Waals surface area contributed by atoms with Crippen molar-refractivity contribution in [2.24, 2.45) is 0 Å². The number of methoxy groups -OCH3 is 2. The molecule has 1 aromatic carbocycles. The first kappa shape index (κ1) is 21.3. The average molecular weight is 412 g/mol. The molecule has 2 N–H and O–H groups in total. The number of aliphatic hydroxyl groups excluding tert-OH is 1. The monoisotopic (exact) mass is 412 g/mol. The van der Waals surface area contributed by atoms with Crippen molar-refractivity contribution in [2.45, 2.75) is 6.04 Å². The highest BCUT2D eigenvalue weighted by Crippen LogP contribution is 2.40. The lowest BCUT2D eigenvalue weighted by molar-refractivity contribution is -0.857. The summed E-state index contributed by atoms with van der Waals surface area (Å²) in [5.74, 6) is -0.711. The van der Waals surface area contributed by atoms with Gasteiger partial charge in [0.25, 0.3) is 11.7 Å². The SMILES string of the molecule is COc1ccc(C(O)=C2C(=O)C(=O)N(CC[NH+](C)C)[C@@H]2c2cccnc2)cc1OC. The maximum absolute atomic E-state index is 12.9. The Morgan fingerprint density at radius 2 is 1.90 bits per heavy atom. The molecule has 8 heteroatoms. The largest absolute Gasteiger partial charge is 0.507 e. The van der Waals surface area contributed by atoms with Crippen molar-refractivity contribution in [3.63, 3.8) is 0 Å². The van der Waals surface area contributed by atoms with Crippen molar-refractivity contribution in [3.8, 4) is 11.5 Å². The summed E-state index contributed by atoms with van der Waals surface area (Å²) in [6, 6.07) is 7.65. The lowest BCUT2D eigenvalue weighted by Gasteiger charge is -2.25. The summed E-state index contributed by atoms with van der Waals surface area (Å²) in [6.45, 7) is 1.02. The van der Waals surface area contributed by atoms with Gasteiger partial charge in [-0.25, -0.2) is 0 Å². The molecule has 0 unspecified atom stereocenters. The number of aromatic nitrogens is 1. The maximum Gasteiger partial charge on any atom is 0.295 e. The smallest absolute Gasteiger partial charge is 0.295 e. The van der Waals surface area contributed by atoms with Gasteiger partial charge in [-0.05, 0) is 29.8 Å². The molecule has 0 bridgehead atoms. The van der Waals surface area contributed by atoms with Gasteiger partial charge in [-0.15, -0.1) is 0 Å². The number of hydrogen-bond acceptors (Lipinski definition) is 6. The van der Waals surface area contributed by atoms with Crippen LogP contribution >= 0.6 is 0 Å². The van der Waals surface area contributed by atoms with E-state index >= 15 is 0 Å². The Kier molecular flexibility index (Phi) is 6.37. The van der Waals surface area contributed by atoms with E-state index in [2.05, 4.69) is 4.98 Å². The van der Waals surface area contributed by atoms with Gasteiger partial charge in [-0.1, -0.05) is 6.07 Å². The summed E-state index contributed by atoms with van der Waals surface area (Å²) in [6.07, 6.45) is 3.22. The van der Waals surface area contributed by atoms with Crippen LogP contribution in [0.3, 0.4) is 0 Å². The topological polar surface area (TPSA) is 93.4 Å². The van der Waals surface area contributed by atoms with Gasteiger partial charge >= 0.3 is 0 Å². The predicted molar refractivity (Wildman–Crippen MR) is 110 cm³/mol. The van der Waals surface area contributed by atoms with E-state index in [1.165, 1.54) is 19.1 Å². The van der Waals surface area contributed by atoms with Gasteiger partial charge in [-0.3, -0.25) is 14.6 Å². The molecule has 2 aromatic rings.